The van der Waals surface area contributed by atoms with Crippen LogP contribution < -0.4 is 16.0 Å². The topological polar surface area (TPSA) is 65.5 Å². The Morgan fingerprint density at radius 2 is 2.09 bits per heavy atom. The molecular weight excluding hydrogens is 411 g/mol. The highest BCUT2D eigenvalue weighted by molar-refractivity contribution is 14.0. The third-order valence-electron chi connectivity index (χ3n) is 3.13. The van der Waals surface area contributed by atoms with E-state index >= 15 is 0 Å². The van der Waals surface area contributed by atoms with Crippen LogP contribution in [0.2, 0.25) is 0 Å². The number of nitrogens with zero attached hydrogens (tertiary/aromatic N) is 1. The van der Waals surface area contributed by atoms with Gasteiger partial charge in [-0.15, -0.1) is 35.3 Å². The molecule has 1 unspecified atom stereocenters. The number of guanidine groups is 1. The van der Waals surface area contributed by atoms with Crippen LogP contribution in [0, 0.1) is 0 Å². The van der Waals surface area contributed by atoms with Gasteiger partial charge in [0.2, 0.25) is 5.91 Å². The summed E-state index contributed by atoms with van der Waals surface area (Å²) in [5.74, 6) is 0.814. The van der Waals surface area contributed by atoms with Gasteiger partial charge in [-0.1, -0.05) is 13.0 Å². The van der Waals surface area contributed by atoms with E-state index in [2.05, 4.69) is 45.4 Å². The summed E-state index contributed by atoms with van der Waals surface area (Å²) < 4.78 is 0. The number of hydrogen-bond donors (Lipinski definition) is 3. The quantitative estimate of drug-likeness (QED) is 0.332. The molecule has 5 nitrogen and oxygen atoms in total. The smallest absolute Gasteiger partial charge is 0.221 e. The van der Waals surface area contributed by atoms with Crippen LogP contribution in [0.1, 0.15) is 31.6 Å². The molecule has 0 bridgehead atoms. The Morgan fingerprint density at radius 3 is 2.68 bits per heavy atom. The lowest BCUT2D eigenvalue weighted by Gasteiger charge is -2.13. The first-order valence-electron chi connectivity index (χ1n) is 7.42. The van der Waals surface area contributed by atoms with Gasteiger partial charge in [0.15, 0.2) is 5.96 Å². The number of amides is 1. The van der Waals surface area contributed by atoms with Gasteiger partial charge < -0.3 is 16.0 Å². The normalized spacial score (nSPS) is 12.2. The maximum absolute atomic E-state index is 11.6. The molecule has 22 heavy (non-hydrogen) atoms. The fourth-order valence-corrected chi connectivity index (χ4v) is 2.43. The van der Waals surface area contributed by atoms with Crippen molar-refractivity contribution in [2.75, 3.05) is 20.1 Å². The second-order valence-electron chi connectivity index (χ2n) is 4.88. The minimum Gasteiger partial charge on any atom is -0.356 e. The molecule has 1 amide bonds. The van der Waals surface area contributed by atoms with Crippen LogP contribution in [0.5, 0.6) is 0 Å². The number of hydrogen-bond acceptors (Lipinski definition) is 3. The second kappa shape index (κ2) is 12.7. The zero-order valence-corrected chi connectivity index (χ0v) is 16.7. The van der Waals surface area contributed by atoms with Gasteiger partial charge in [-0.2, -0.15) is 0 Å². The monoisotopic (exact) mass is 438 g/mol. The Hall–Kier alpha value is -0.830. The molecule has 7 heteroatoms. The molecule has 1 aromatic heterocycles. The van der Waals surface area contributed by atoms with E-state index in [4.69, 9.17) is 0 Å². The highest BCUT2D eigenvalue weighted by Gasteiger charge is 2.05. The Kier molecular flexibility index (Phi) is 12.2. The molecular formula is C15H27IN4OS. The van der Waals surface area contributed by atoms with Crippen LogP contribution in [0.25, 0.3) is 0 Å². The van der Waals surface area contributed by atoms with Gasteiger partial charge in [-0.25, -0.2) is 0 Å². The number of nitrogens with one attached hydrogen (secondary N) is 3. The van der Waals surface area contributed by atoms with Crippen molar-refractivity contribution < 1.29 is 4.79 Å². The zero-order valence-electron chi connectivity index (χ0n) is 13.5. The predicted octanol–water partition coefficient (Wildman–Crippen LogP) is 2.38. The number of halogens is 1. The van der Waals surface area contributed by atoms with Crippen molar-refractivity contribution in [3.8, 4) is 0 Å². The van der Waals surface area contributed by atoms with Gasteiger partial charge in [-0.3, -0.25) is 9.79 Å². The molecule has 0 aliphatic heterocycles. The van der Waals surface area contributed by atoms with E-state index in [1.165, 1.54) is 4.88 Å². The van der Waals surface area contributed by atoms with E-state index in [1.807, 2.05) is 6.92 Å². The molecule has 0 saturated heterocycles. The number of aliphatic imine (C=N–C) groups is 1. The Bertz CT molecular complexity index is 437. The number of carbonyl (C=O) groups is 1. The van der Waals surface area contributed by atoms with Gasteiger partial charge in [0.1, 0.15) is 0 Å². The van der Waals surface area contributed by atoms with Crippen molar-refractivity contribution in [2.45, 2.75) is 39.2 Å². The Labute approximate surface area is 154 Å². The summed E-state index contributed by atoms with van der Waals surface area (Å²) in [7, 11) is 1.74. The zero-order chi connectivity index (χ0) is 15.5. The van der Waals surface area contributed by atoms with E-state index in [1.54, 1.807) is 18.4 Å². The number of thiophene rings is 1. The lowest BCUT2D eigenvalue weighted by molar-refractivity contribution is -0.121. The summed E-state index contributed by atoms with van der Waals surface area (Å²) in [4.78, 5) is 17.1. The van der Waals surface area contributed by atoms with Gasteiger partial charge in [0.05, 0.1) is 0 Å². The van der Waals surface area contributed by atoms with Crippen LogP contribution in [-0.4, -0.2) is 38.0 Å². The van der Waals surface area contributed by atoms with Gasteiger partial charge in [0.25, 0.3) is 0 Å². The summed E-state index contributed by atoms with van der Waals surface area (Å²) in [6.45, 7) is 5.49. The lowest BCUT2D eigenvalue weighted by Crippen LogP contribution is -2.40. The van der Waals surface area contributed by atoms with Gasteiger partial charge in [0, 0.05) is 37.5 Å². The predicted molar refractivity (Wildman–Crippen MR) is 105 cm³/mol. The first kappa shape index (κ1) is 21.2. The first-order valence-corrected chi connectivity index (χ1v) is 8.30. The highest BCUT2D eigenvalue weighted by Crippen LogP contribution is 2.07. The second-order valence-corrected chi connectivity index (χ2v) is 5.91. The summed E-state index contributed by atoms with van der Waals surface area (Å²) in [5.41, 5.74) is 0. The maximum Gasteiger partial charge on any atom is 0.221 e. The van der Waals surface area contributed by atoms with Crippen LogP contribution >= 0.6 is 35.3 Å². The Morgan fingerprint density at radius 1 is 1.36 bits per heavy atom. The largest absolute Gasteiger partial charge is 0.356 e. The molecule has 1 aromatic rings. The first-order chi connectivity index (χ1) is 10.2. The molecule has 0 aromatic carbocycles. The third-order valence-corrected chi connectivity index (χ3v) is 4.07. The molecule has 3 N–H and O–H groups in total. The summed E-state index contributed by atoms with van der Waals surface area (Å²) >= 11 is 1.76. The fourth-order valence-electron chi connectivity index (χ4n) is 1.72. The average Bonchev–Trinajstić information content (AvgIpc) is 2.98. The maximum atomic E-state index is 11.6. The van der Waals surface area contributed by atoms with E-state index in [-0.39, 0.29) is 35.9 Å². The van der Waals surface area contributed by atoms with Crippen molar-refractivity contribution >= 4 is 47.2 Å². The minimum absolute atomic E-state index is 0. The van der Waals surface area contributed by atoms with Crippen molar-refractivity contribution in [1.82, 2.24) is 16.0 Å². The van der Waals surface area contributed by atoms with Crippen LogP contribution in [-0.2, 0) is 11.2 Å². The summed E-state index contributed by atoms with van der Waals surface area (Å²) in [5, 5.41) is 11.4. The molecule has 1 atom stereocenters. The molecule has 0 radical (unpaired) electrons. The Balaban J connectivity index is 0.00000441. The molecule has 1 rings (SSSR count). The van der Waals surface area contributed by atoms with Crippen LogP contribution in [0.15, 0.2) is 22.5 Å². The van der Waals surface area contributed by atoms with E-state index in [0.29, 0.717) is 13.0 Å². The molecule has 126 valence electrons. The van der Waals surface area contributed by atoms with E-state index in [0.717, 1.165) is 25.3 Å². The van der Waals surface area contributed by atoms with Crippen LogP contribution in [0.4, 0.5) is 0 Å². The minimum atomic E-state index is 0. The van der Waals surface area contributed by atoms with Crippen LogP contribution in [0.3, 0.4) is 0 Å². The standard InChI is InChI=1S/C15H26N4OS.HI/c1-4-12(2)19-14(20)8-10-18-15(16-3)17-9-7-13-6-5-11-21-13;/h5-6,11-12H,4,7-10H2,1-3H3,(H,19,20)(H2,16,17,18);1H. The van der Waals surface area contributed by atoms with Crippen molar-refractivity contribution in [1.29, 1.82) is 0 Å². The number of rotatable bonds is 8. The highest BCUT2D eigenvalue weighted by atomic mass is 127. The SMILES string of the molecule is CCC(C)NC(=O)CCNC(=NC)NCCc1cccs1.I. The van der Waals surface area contributed by atoms with Gasteiger partial charge in [-0.05, 0) is 31.2 Å². The number of carbonyl (C=O) groups excluding carboxylic acids is 1. The molecule has 0 aliphatic rings. The molecule has 1 heterocycles. The van der Waals surface area contributed by atoms with Gasteiger partial charge >= 0.3 is 0 Å². The lowest BCUT2D eigenvalue weighted by atomic mass is 10.2. The van der Waals surface area contributed by atoms with Crippen molar-refractivity contribution in [3.63, 3.8) is 0 Å². The van der Waals surface area contributed by atoms with E-state index in [9.17, 15) is 4.79 Å². The van der Waals surface area contributed by atoms with E-state index < -0.39 is 0 Å². The van der Waals surface area contributed by atoms with Crippen molar-refractivity contribution in [2.24, 2.45) is 4.99 Å². The molecule has 0 saturated carbocycles. The summed E-state index contributed by atoms with van der Waals surface area (Å²) in [6, 6.07) is 4.42. The molecule has 0 spiro atoms. The van der Waals surface area contributed by atoms with Crippen molar-refractivity contribution in [3.05, 3.63) is 22.4 Å². The average molecular weight is 438 g/mol. The molecule has 0 aliphatic carbocycles. The molecule has 0 fully saturated rings. The third kappa shape index (κ3) is 9.24. The fraction of sp³-hybridized carbons (Fsp3) is 0.600. The summed E-state index contributed by atoms with van der Waals surface area (Å²) in [6.07, 6.45) is 2.38.